The molecule has 0 bridgehead atoms. The zero-order chi connectivity index (χ0) is 28.0. The van der Waals surface area contributed by atoms with Crippen LogP contribution in [0.15, 0.2) is 66.9 Å². The molecule has 3 aromatic carbocycles. The van der Waals surface area contributed by atoms with Crippen molar-refractivity contribution >= 4 is 16.8 Å². The molecule has 206 valence electrons. The molecule has 6 nitrogen and oxygen atoms in total. The van der Waals surface area contributed by atoms with E-state index in [2.05, 4.69) is 10.3 Å². The first-order chi connectivity index (χ1) is 18.7. The number of H-pyrrole nitrogens is 1. The summed E-state index contributed by atoms with van der Waals surface area (Å²) in [6, 6.07) is 14.7. The minimum atomic E-state index is -4.47. The lowest BCUT2D eigenvalue weighted by atomic mass is 10.0. The fourth-order valence-corrected chi connectivity index (χ4v) is 4.16. The van der Waals surface area contributed by atoms with Gasteiger partial charge in [-0.2, -0.15) is 13.2 Å². The van der Waals surface area contributed by atoms with Gasteiger partial charge in [0.2, 0.25) is 0 Å². The Bertz CT molecular complexity index is 1430. The number of rotatable bonds is 11. The topological polar surface area (TPSA) is 83.6 Å². The monoisotopic (exact) mass is 544 g/mol. The number of aromatic amines is 1. The number of aliphatic hydroxyl groups excluding tert-OH is 1. The molecule has 10 heteroatoms. The van der Waals surface area contributed by atoms with Gasteiger partial charge in [-0.15, -0.1) is 0 Å². The summed E-state index contributed by atoms with van der Waals surface area (Å²) in [5.41, 5.74) is 2.78. The van der Waals surface area contributed by atoms with Crippen LogP contribution in [0.2, 0.25) is 0 Å². The predicted octanol–water partition coefficient (Wildman–Crippen LogP) is 6.04. The van der Waals surface area contributed by atoms with E-state index in [1.807, 2.05) is 6.92 Å². The van der Waals surface area contributed by atoms with Gasteiger partial charge in [0.15, 0.2) is 6.61 Å². The number of hydrogen-bond donors (Lipinski definition) is 3. The molecule has 1 unspecified atom stereocenters. The number of benzene rings is 3. The summed E-state index contributed by atoms with van der Waals surface area (Å²) in [6.07, 6.45) is -1.81. The maximum absolute atomic E-state index is 13.8. The number of ether oxygens (including phenoxy) is 2. The van der Waals surface area contributed by atoms with E-state index >= 15 is 0 Å². The highest BCUT2D eigenvalue weighted by molar-refractivity contribution is 5.98. The van der Waals surface area contributed by atoms with E-state index in [9.17, 15) is 27.5 Å². The van der Waals surface area contributed by atoms with E-state index in [0.29, 0.717) is 35.3 Å². The maximum Gasteiger partial charge on any atom is 0.422 e. The normalized spacial score (nSPS) is 12.4. The minimum Gasteiger partial charge on any atom is -0.493 e. The van der Waals surface area contributed by atoms with Gasteiger partial charge < -0.3 is 24.9 Å². The number of nitrogens with one attached hydrogen (secondary N) is 2. The van der Waals surface area contributed by atoms with Crippen LogP contribution in [0, 0.1) is 5.82 Å². The van der Waals surface area contributed by atoms with E-state index in [-0.39, 0.29) is 24.3 Å². The summed E-state index contributed by atoms with van der Waals surface area (Å²) < 4.78 is 62.2. The van der Waals surface area contributed by atoms with E-state index < -0.39 is 30.5 Å². The molecule has 0 fully saturated rings. The van der Waals surface area contributed by atoms with Crippen LogP contribution in [0.3, 0.4) is 0 Å². The average Bonchev–Trinajstić information content (AvgIpc) is 3.31. The van der Waals surface area contributed by atoms with Crippen LogP contribution in [0.1, 0.15) is 29.3 Å². The highest BCUT2D eigenvalue weighted by Crippen LogP contribution is 2.30. The Hall–Kier alpha value is -4.05. The van der Waals surface area contributed by atoms with Crippen LogP contribution in [-0.4, -0.2) is 48.0 Å². The lowest BCUT2D eigenvalue weighted by Crippen LogP contribution is -2.39. The molecule has 0 radical (unpaired) electrons. The summed E-state index contributed by atoms with van der Waals surface area (Å²) in [5.74, 6) is -0.529. The second-order valence-corrected chi connectivity index (χ2v) is 9.05. The van der Waals surface area contributed by atoms with Gasteiger partial charge in [0.05, 0.1) is 24.8 Å². The van der Waals surface area contributed by atoms with E-state index in [1.165, 1.54) is 24.3 Å². The Morgan fingerprint density at radius 3 is 2.59 bits per heavy atom. The molecule has 1 amide bonds. The fraction of sp³-hybridized carbons (Fsp3) is 0.276. The molecule has 39 heavy (non-hydrogen) atoms. The van der Waals surface area contributed by atoms with Crippen molar-refractivity contribution in [3.05, 3.63) is 83.8 Å². The first kappa shape index (κ1) is 28.0. The van der Waals surface area contributed by atoms with E-state index in [1.54, 1.807) is 42.6 Å². The molecule has 0 spiro atoms. The van der Waals surface area contributed by atoms with Gasteiger partial charge in [0.25, 0.3) is 5.91 Å². The summed E-state index contributed by atoms with van der Waals surface area (Å²) in [4.78, 5) is 16.4. The quantitative estimate of drug-likeness (QED) is 0.201. The number of aliphatic hydroxyl groups is 1. The molecule has 0 aliphatic rings. The number of alkyl halides is 3. The Balaban J connectivity index is 1.58. The van der Waals surface area contributed by atoms with Gasteiger partial charge in [-0.1, -0.05) is 25.1 Å². The summed E-state index contributed by atoms with van der Waals surface area (Å²) in [7, 11) is 0. The zero-order valence-electron chi connectivity index (χ0n) is 21.1. The van der Waals surface area contributed by atoms with Crippen LogP contribution >= 0.6 is 0 Å². The third-order valence-electron chi connectivity index (χ3n) is 6.01. The highest BCUT2D eigenvalue weighted by Gasteiger charge is 2.28. The van der Waals surface area contributed by atoms with Gasteiger partial charge in [0, 0.05) is 17.1 Å². The molecule has 0 aliphatic heterocycles. The van der Waals surface area contributed by atoms with Crippen LogP contribution in [-0.2, 0) is 6.42 Å². The molecular weight excluding hydrogens is 516 g/mol. The minimum absolute atomic E-state index is 0.0395. The van der Waals surface area contributed by atoms with Crippen molar-refractivity contribution < 1.29 is 36.9 Å². The van der Waals surface area contributed by atoms with Gasteiger partial charge >= 0.3 is 6.18 Å². The fourth-order valence-electron chi connectivity index (χ4n) is 4.16. The van der Waals surface area contributed by atoms with Crippen LogP contribution in [0.5, 0.6) is 11.5 Å². The van der Waals surface area contributed by atoms with Crippen molar-refractivity contribution in [1.82, 2.24) is 10.3 Å². The van der Waals surface area contributed by atoms with Gasteiger partial charge in [0.1, 0.15) is 17.3 Å². The number of halogens is 4. The summed E-state index contributed by atoms with van der Waals surface area (Å²) in [6.45, 7) is 0.508. The van der Waals surface area contributed by atoms with Gasteiger partial charge in [-0.3, -0.25) is 4.79 Å². The molecule has 0 saturated heterocycles. The predicted molar refractivity (Wildman–Crippen MR) is 140 cm³/mol. The average molecular weight is 545 g/mol. The number of amides is 1. The van der Waals surface area contributed by atoms with Crippen LogP contribution in [0.4, 0.5) is 17.6 Å². The number of aromatic nitrogens is 1. The lowest BCUT2D eigenvalue weighted by Gasteiger charge is -2.18. The van der Waals surface area contributed by atoms with Crippen molar-refractivity contribution in [3.8, 4) is 22.6 Å². The van der Waals surface area contributed by atoms with Crippen molar-refractivity contribution in [1.29, 1.82) is 0 Å². The largest absolute Gasteiger partial charge is 0.493 e. The molecule has 1 aromatic heterocycles. The number of carbonyl (C=O) groups is 1. The third kappa shape index (κ3) is 7.29. The number of carbonyl (C=O) groups excluding carboxylic acids is 1. The second-order valence-electron chi connectivity index (χ2n) is 9.05. The summed E-state index contributed by atoms with van der Waals surface area (Å²) in [5, 5.41) is 13.5. The van der Waals surface area contributed by atoms with Gasteiger partial charge in [-0.05, 0) is 72.0 Å². The van der Waals surface area contributed by atoms with E-state index in [0.717, 1.165) is 11.1 Å². The maximum atomic E-state index is 13.8. The SMILES string of the molecule is CCCOc1ccc(-c2cccc(OCC(F)(F)F)c2)cc1C(=O)NC(CO)Cc1c[nH]c2ccc(F)cc12. The van der Waals surface area contributed by atoms with Crippen LogP contribution in [0.25, 0.3) is 22.0 Å². The lowest BCUT2D eigenvalue weighted by molar-refractivity contribution is -0.153. The van der Waals surface area contributed by atoms with Crippen molar-refractivity contribution in [3.63, 3.8) is 0 Å². The molecule has 1 heterocycles. The zero-order valence-corrected chi connectivity index (χ0v) is 21.1. The number of fused-ring (bicyclic) bond motifs is 1. The molecule has 4 aromatic rings. The van der Waals surface area contributed by atoms with E-state index in [4.69, 9.17) is 9.47 Å². The Kier molecular flexibility index (Phi) is 8.75. The van der Waals surface area contributed by atoms with Crippen LogP contribution < -0.4 is 14.8 Å². The molecule has 3 N–H and O–H groups in total. The Morgan fingerprint density at radius 1 is 1.05 bits per heavy atom. The smallest absolute Gasteiger partial charge is 0.422 e. The molecule has 4 rings (SSSR count). The Morgan fingerprint density at radius 2 is 1.85 bits per heavy atom. The number of hydrogen-bond acceptors (Lipinski definition) is 4. The first-order valence-electron chi connectivity index (χ1n) is 12.4. The highest BCUT2D eigenvalue weighted by atomic mass is 19.4. The van der Waals surface area contributed by atoms with Gasteiger partial charge in [-0.25, -0.2) is 4.39 Å². The molecule has 0 saturated carbocycles. The second kappa shape index (κ2) is 12.2. The summed E-state index contributed by atoms with van der Waals surface area (Å²) >= 11 is 0. The first-order valence-corrected chi connectivity index (χ1v) is 12.4. The third-order valence-corrected chi connectivity index (χ3v) is 6.01. The molecule has 1 atom stereocenters. The standard InChI is InChI=1S/C29H28F4N2O4/c1-2-10-38-27-9-6-19(18-4-3-5-23(12-18)39-17-29(31,32)33)13-25(27)28(37)35-22(16-36)11-20-15-34-26-8-7-21(30)14-24(20)26/h3-9,12-15,22,34,36H,2,10-11,16-17H2,1H3,(H,35,37). The Labute approximate surface area is 222 Å². The molecule has 0 aliphatic carbocycles. The molecular formula is C29H28F4N2O4. The van der Waals surface area contributed by atoms with Crippen molar-refractivity contribution in [2.75, 3.05) is 19.8 Å². The van der Waals surface area contributed by atoms with Crippen molar-refractivity contribution in [2.45, 2.75) is 32.0 Å². The van der Waals surface area contributed by atoms with Crippen molar-refractivity contribution in [2.24, 2.45) is 0 Å².